The van der Waals surface area contributed by atoms with Crippen molar-refractivity contribution in [3.8, 4) is 0 Å². The lowest BCUT2D eigenvalue weighted by Crippen LogP contribution is -2.28. The number of thiazole rings is 1. The number of nitrogens with zero attached hydrogens (tertiary/aromatic N) is 2. The fourth-order valence-corrected chi connectivity index (χ4v) is 1.96. The van der Waals surface area contributed by atoms with Crippen LogP contribution >= 0.6 is 22.9 Å². The lowest BCUT2D eigenvalue weighted by Gasteiger charge is -2.14. The van der Waals surface area contributed by atoms with Gasteiger partial charge in [-0.25, -0.2) is 4.98 Å². The van der Waals surface area contributed by atoms with Crippen molar-refractivity contribution in [1.29, 1.82) is 0 Å². The third-order valence-corrected chi connectivity index (χ3v) is 2.79. The quantitative estimate of drug-likeness (QED) is 0.725. The lowest BCUT2D eigenvalue weighted by atomic mass is 10.3. The van der Waals surface area contributed by atoms with E-state index in [2.05, 4.69) is 4.98 Å². The van der Waals surface area contributed by atoms with Crippen molar-refractivity contribution < 1.29 is 4.79 Å². The highest BCUT2D eigenvalue weighted by atomic mass is 35.5. The predicted molar refractivity (Wildman–Crippen MR) is 54.5 cm³/mol. The van der Waals surface area contributed by atoms with Crippen LogP contribution in [0.1, 0.15) is 15.4 Å². The van der Waals surface area contributed by atoms with Gasteiger partial charge in [0.15, 0.2) is 0 Å². The van der Waals surface area contributed by atoms with Crippen LogP contribution in [0, 0.1) is 6.92 Å². The zero-order valence-corrected chi connectivity index (χ0v) is 9.15. The fourth-order valence-electron chi connectivity index (χ4n) is 0.909. The molecule has 0 spiro atoms. The smallest absolute Gasteiger partial charge is 0.265 e. The summed E-state index contributed by atoms with van der Waals surface area (Å²) in [5.41, 5.74) is 2.47. The second-order valence-electron chi connectivity index (χ2n) is 2.68. The van der Waals surface area contributed by atoms with E-state index in [1.807, 2.05) is 6.92 Å². The Morgan fingerprint density at radius 2 is 2.46 bits per heavy atom. The summed E-state index contributed by atoms with van der Waals surface area (Å²) in [6, 6.07) is 0. The SMILES string of the molecule is Cc1ncsc1C(=O)N(C)CCCl. The van der Waals surface area contributed by atoms with Crippen molar-refractivity contribution in [2.75, 3.05) is 19.5 Å². The summed E-state index contributed by atoms with van der Waals surface area (Å²) in [6.07, 6.45) is 0. The van der Waals surface area contributed by atoms with Crippen LogP contribution in [0.25, 0.3) is 0 Å². The van der Waals surface area contributed by atoms with Gasteiger partial charge in [0.25, 0.3) is 5.91 Å². The monoisotopic (exact) mass is 218 g/mol. The van der Waals surface area contributed by atoms with E-state index in [4.69, 9.17) is 11.6 Å². The van der Waals surface area contributed by atoms with Crippen LogP contribution in [0.4, 0.5) is 0 Å². The predicted octanol–water partition coefficient (Wildman–Crippen LogP) is 1.76. The van der Waals surface area contributed by atoms with Crippen molar-refractivity contribution in [3.63, 3.8) is 0 Å². The average Bonchev–Trinajstić information content (AvgIpc) is 2.50. The molecule has 0 bridgehead atoms. The van der Waals surface area contributed by atoms with Crippen LogP contribution in [0.2, 0.25) is 0 Å². The largest absolute Gasteiger partial charge is 0.340 e. The zero-order valence-electron chi connectivity index (χ0n) is 7.58. The van der Waals surface area contributed by atoms with Crippen LogP contribution in [0.3, 0.4) is 0 Å². The number of hydrogen-bond donors (Lipinski definition) is 0. The van der Waals surface area contributed by atoms with Gasteiger partial charge in [0, 0.05) is 19.5 Å². The van der Waals surface area contributed by atoms with Gasteiger partial charge in [0.2, 0.25) is 0 Å². The maximum Gasteiger partial charge on any atom is 0.265 e. The Balaban J connectivity index is 2.73. The van der Waals surface area contributed by atoms with Crippen molar-refractivity contribution in [3.05, 3.63) is 16.1 Å². The van der Waals surface area contributed by atoms with E-state index >= 15 is 0 Å². The first-order chi connectivity index (χ1) is 6.16. The number of aryl methyl sites for hydroxylation is 1. The van der Waals surface area contributed by atoms with Crippen molar-refractivity contribution in [1.82, 2.24) is 9.88 Å². The number of amides is 1. The highest BCUT2D eigenvalue weighted by molar-refractivity contribution is 7.11. The Hall–Kier alpha value is -0.610. The number of rotatable bonds is 3. The molecule has 72 valence electrons. The van der Waals surface area contributed by atoms with Crippen LogP contribution in [-0.2, 0) is 0 Å². The highest BCUT2D eigenvalue weighted by Crippen LogP contribution is 2.14. The van der Waals surface area contributed by atoms with Crippen molar-refractivity contribution >= 4 is 28.8 Å². The topological polar surface area (TPSA) is 33.2 Å². The molecule has 3 nitrogen and oxygen atoms in total. The molecule has 1 aromatic heterocycles. The second-order valence-corrected chi connectivity index (χ2v) is 3.92. The molecule has 1 heterocycles. The van der Waals surface area contributed by atoms with Crippen LogP contribution in [0.5, 0.6) is 0 Å². The van der Waals surface area contributed by atoms with E-state index in [0.717, 1.165) is 5.69 Å². The standard InChI is InChI=1S/C8H11ClN2OS/c1-6-7(13-5-10-6)8(12)11(2)4-3-9/h5H,3-4H2,1-2H3. The number of carbonyl (C=O) groups is 1. The van der Waals surface area contributed by atoms with E-state index < -0.39 is 0 Å². The van der Waals surface area contributed by atoms with Crippen LogP contribution in [-0.4, -0.2) is 35.3 Å². The number of aromatic nitrogens is 1. The Bertz CT molecular complexity index is 300. The van der Waals surface area contributed by atoms with E-state index in [1.54, 1.807) is 17.5 Å². The lowest BCUT2D eigenvalue weighted by molar-refractivity contribution is 0.0807. The molecule has 1 amide bonds. The number of carbonyl (C=O) groups excluding carboxylic acids is 1. The molecule has 0 aliphatic heterocycles. The van der Waals surface area contributed by atoms with Gasteiger partial charge in [-0.3, -0.25) is 4.79 Å². The summed E-state index contributed by atoms with van der Waals surface area (Å²) in [4.78, 5) is 18.0. The molecule has 0 N–H and O–H groups in total. The van der Waals surface area contributed by atoms with Gasteiger partial charge in [-0.1, -0.05) is 0 Å². The normalized spacial score (nSPS) is 10.1. The molecular formula is C8H11ClN2OS. The molecule has 1 aromatic rings. The molecule has 0 atom stereocenters. The summed E-state index contributed by atoms with van der Waals surface area (Å²) in [7, 11) is 1.74. The van der Waals surface area contributed by atoms with Crippen molar-refractivity contribution in [2.24, 2.45) is 0 Å². The molecule has 0 unspecified atom stereocenters. The van der Waals surface area contributed by atoms with Gasteiger partial charge in [0.05, 0.1) is 11.2 Å². The minimum Gasteiger partial charge on any atom is -0.340 e. The van der Waals surface area contributed by atoms with Gasteiger partial charge >= 0.3 is 0 Å². The fraction of sp³-hybridized carbons (Fsp3) is 0.500. The van der Waals surface area contributed by atoms with E-state index in [9.17, 15) is 4.79 Å². The van der Waals surface area contributed by atoms with Gasteiger partial charge in [-0.05, 0) is 6.92 Å². The molecule has 0 aliphatic carbocycles. The summed E-state index contributed by atoms with van der Waals surface area (Å²) in [5, 5.41) is 0. The molecule has 0 saturated carbocycles. The maximum absolute atomic E-state index is 11.7. The minimum absolute atomic E-state index is 0.000602. The molecule has 0 radical (unpaired) electrons. The Labute approximate surface area is 86.3 Å². The first-order valence-electron chi connectivity index (χ1n) is 3.88. The average molecular weight is 219 g/mol. The van der Waals surface area contributed by atoms with E-state index in [-0.39, 0.29) is 5.91 Å². The van der Waals surface area contributed by atoms with Gasteiger partial charge < -0.3 is 4.90 Å². The first kappa shape index (κ1) is 10.5. The first-order valence-corrected chi connectivity index (χ1v) is 5.29. The Morgan fingerprint density at radius 1 is 1.77 bits per heavy atom. The van der Waals surface area contributed by atoms with Crippen molar-refractivity contribution in [2.45, 2.75) is 6.92 Å². The molecule has 5 heteroatoms. The zero-order chi connectivity index (χ0) is 9.84. The number of halogens is 1. The van der Waals surface area contributed by atoms with E-state index in [1.165, 1.54) is 11.3 Å². The molecule has 0 aromatic carbocycles. The minimum atomic E-state index is 0.000602. The van der Waals surface area contributed by atoms with Crippen LogP contribution < -0.4 is 0 Å². The molecule has 1 rings (SSSR count). The maximum atomic E-state index is 11.7. The summed E-state index contributed by atoms with van der Waals surface area (Å²) in [6.45, 7) is 2.40. The molecule has 0 aliphatic rings. The van der Waals surface area contributed by atoms with Gasteiger partial charge in [0.1, 0.15) is 4.88 Å². The second kappa shape index (κ2) is 4.58. The molecular weight excluding hydrogens is 208 g/mol. The van der Waals surface area contributed by atoms with E-state index in [0.29, 0.717) is 17.3 Å². The Morgan fingerprint density at radius 3 is 2.92 bits per heavy atom. The van der Waals surface area contributed by atoms with Gasteiger partial charge in [-0.2, -0.15) is 0 Å². The molecule has 13 heavy (non-hydrogen) atoms. The highest BCUT2D eigenvalue weighted by Gasteiger charge is 2.15. The number of alkyl halides is 1. The summed E-state index contributed by atoms with van der Waals surface area (Å²) < 4.78 is 0. The van der Waals surface area contributed by atoms with Crippen LogP contribution in [0.15, 0.2) is 5.51 Å². The third kappa shape index (κ3) is 2.42. The Kier molecular flexibility index (Phi) is 3.69. The molecule has 0 saturated heterocycles. The summed E-state index contributed by atoms with van der Waals surface area (Å²) >= 11 is 6.90. The number of hydrogen-bond acceptors (Lipinski definition) is 3. The summed E-state index contributed by atoms with van der Waals surface area (Å²) in [5.74, 6) is 0.459. The molecule has 0 fully saturated rings. The van der Waals surface area contributed by atoms with Gasteiger partial charge in [-0.15, -0.1) is 22.9 Å². The third-order valence-electron chi connectivity index (χ3n) is 1.71.